The summed E-state index contributed by atoms with van der Waals surface area (Å²) in [5, 5.41) is 7.11. The number of rotatable bonds is 7. The Labute approximate surface area is 148 Å². The predicted octanol–water partition coefficient (Wildman–Crippen LogP) is 3.49. The lowest BCUT2D eigenvalue weighted by Gasteiger charge is -2.05. The van der Waals surface area contributed by atoms with Crippen LogP contribution in [0.25, 0.3) is 0 Å². The minimum Gasteiger partial charge on any atom is -0.394 e. The molecular weight excluding hydrogens is 324 g/mol. The van der Waals surface area contributed by atoms with Crippen molar-refractivity contribution >= 4 is 24.2 Å². The Morgan fingerprint density at radius 1 is 1.42 bits per heavy atom. The van der Waals surface area contributed by atoms with Crippen LogP contribution in [-0.4, -0.2) is 29.9 Å². The molecule has 2 N–H and O–H groups in total. The van der Waals surface area contributed by atoms with Crippen molar-refractivity contribution in [2.45, 2.75) is 13.5 Å². The molecule has 0 amide bonds. The number of hydrogen-bond donors (Lipinski definition) is 2. The summed E-state index contributed by atoms with van der Waals surface area (Å²) in [5.41, 5.74) is 2.32. The zero-order valence-electron chi connectivity index (χ0n) is 14.0. The molecule has 24 heavy (non-hydrogen) atoms. The maximum absolute atomic E-state index is 8.00. The summed E-state index contributed by atoms with van der Waals surface area (Å²) >= 11 is 6.00. The highest BCUT2D eigenvalue weighted by atomic mass is 35.5. The number of nitrogens with zero attached hydrogens (tertiary/aromatic N) is 2. The minimum absolute atomic E-state index is 0.722. The molecular formula is C18H23ClN4O. The van der Waals surface area contributed by atoms with E-state index in [1.54, 1.807) is 0 Å². The molecule has 1 aromatic carbocycles. The standard InChI is InChI=1S/C17H21ClN4.CH2O/c1-3-5-15(9-19-2)10-20-17-12-22(13-21-17)11-14-6-4-7-16(18)8-14;1-2/h3-9,12-13,19-20H,10-11H2,1-2H3;1H2/b5-3-,15-9+;. The Kier molecular flexibility index (Phi) is 9.01. The molecule has 128 valence electrons. The van der Waals surface area contributed by atoms with Gasteiger partial charge in [-0.1, -0.05) is 35.9 Å². The third-order valence-electron chi connectivity index (χ3n) is 3.07. The summed E-state index contributed by atoms with van der Waals surface area (Å²) < 4.78 is 2.03. The van der Waals surface area contributed by atoms with E-state index in [-0.39, 0.29) is 0 Å². The fourth-order valence-electron chi connectivity index (χ4n) is 2.13. The fraction of sp³-hybridized carbons (Fsp3) is 0.222. The summed E-state index contributed by atoms with van der Waals surface area (Å²) in [6.45, 7) is 5.48. The van der Waals surface area contributed by atoms with E-state index >= 15 is 0 Å². The van der Waals surface area contributed by atoms with Crippen molar-refractivity contribution in [3.05, 3.63) is 71.3 Å². The Bertz CT molecular complexity index is 679. The minimum atomic E-state index is 0.722. The van der Waals surface area contributed by atoms with Gasteiger partial charge < -0.3 is 20.0 Å². The van der Waals surface area contributed by atoms with Gasteiger partial charge in [0.1, 0.15) is 12.6 Å². The van der Waals surface area contributed by atoms with Crippen LogP contribution in [0.2, 0.25) is 5.02 Å². The molecule has 0 aliphatic rings. The second kappa shape index (κ2) is 11.1. The van der Waals surface area contributed by atoms with Crippen LogP contribution in [-0.2, 0) is 11.3 Å². The van der Waals surface area contributed by atoms with Gasteiger partial charge in [-0.05, 0) is 30.2 Å². The van der Waals surface area contributed by atoms with Crippen LogP contribution < -0.4 is 10.6 Å². The number of anilines is 1. The van der Waals surface area contributed by atoms with Crippen LogP contribution in [0.1, 0.15) is 12.5 Å². The summed E-state index contributed by atoms with van der Waals surface area (Å²) in [6.07, 6.45) is 9.86. The van der Waals surface area contributed by atoms with Crippen LogP contribution in [0.3, 0.4) is 0 Å². The van der Waals surface area contributed by atoms with Gasteiger partial charge in [-0.2, -0.15) is 0 Å². The van der Waals surface area contributed by atoms with E-state index in [4.69, 9.17) is 16.4 Å². The predicted molar refractivity (Wildman–Crippen MR) is 100 cm³/mol. The van der Waals surface area contributed by atoms with Crippen molar-refractivity contribution in [2.24, 2.45) is 0 Å². The van der Waals surface area contributed by atoms with Gasteiger partial charge in [0.05, 0.1) is 6.33 Å². The van der Waals surface area contributed by atoms with Crippen molar-refractivity contribution in [2.75, 3.05) is 18.9 Å². The second-order valence-electron chi connectivity index (χ2n) is 4.92. The van der Waals surface area contributed by atoms with Crippen LogP contribution in [0.4, 0.5) is 5.82 Å². The highest BCUT2D eigenvalue weighted by molar-refractivity contribution is 6.30. The van der Waals surface area contributed by atoms with E-state index in [2.05, 4.69) is 27.8 Å². The number of aromatic nitrogens is 2. The number of benzene rings is 1. The smallest absolute Gasteiger partial charge is 0.144 e. The molecule has 1 heterocycles. The summed E-state index contributed by atoms with van der Waals surface area (Å²) in [6, 6.07) is 7.86. The Morgan fingerprint density at radius 2 is 2.21 bits per heavy atom. The Morgan fingerprint density at radius 3 is 2.88 bits per heavy atom. The number of nitrogens with one attached hydrogen (secondary N) is 2. The summed E-state index contributed by atoms with van der Waals surface area (Å²) in [7, 11) is 1.89. The van der Waals surface area contributed by atoms with Gasteiger partial charge in [-0.25, -0.2) is 4.98 Å². The van der Waals surface area contributed by atoms with Gasteiger partial charge in [0.2, 0.25) is 0 Å². The molecule has 2 aromatic rings. The van der Waals surface area contributed by atoms with E-state index in [0.717, 1.165) is 35.1 Å². The van der Waals surface area contributed by atoms with Gasteiger partial charge >= 0.3 is 0 Å². The molecule has 0 spiro atoms. The third-order valence-corrected chi connectivity index (χ3v) is 3.31. The first-order valence-electron chi connectivity index (χ1n) is 7.49. The molecule has 0 saturated heterocycles. The maximum Gasteiger partial charge on any atom is 0.144 e. The number of halogens is 1. The van der Waals surface area contributed by atoms with Gasteiger partial charge in [0.15, 0.2) is 0 Å². The molecule has 6 heteroatoms. The molecule has 5 nitrogen and oxygen atoms in total. The summed E-state index contributed by atoms with van der Waals surface area (Å²) in [4.78, 5) is 12.4. The van der Waals surface area contributed by atoms with E-state index in [1.165, 1.54) is 0 Å². The molecule has 1 aromatic heterocycles. The van der Waals surface area contributed by atoms with E-state index in [1.807, 2.05) is 68.3 Å². The molecule has 0 bridgehead atoms. The number of allylic oxidation sites excluding steroid dienone is 1. The molecule has 2 rings (SSSR count). The first kappa shape index (κ1) is 19.5. The topological polar surface area (TPSA) is 58.9 Å². The molecule has 0 fully saturated rings. The Hall–Kier alpha value is -2.53. The molecule has 0 unspecified atom stereocenters. The van der Waals surface area contributed by atoms with Crippen molar-refractivity contribution in [3.8, 4) is 0 Å². The normalized spacial score (nSPS) is 11.0. The second-order valence-corrected chi connectivity index (χ2v) is 5.36. The zero-order valence-corrected chi connectivity index (χ0v) is 14.8. The van der Waals surface area contributed by atoms with E-state index in [0.29, 0.717) is 0 Å². The molecule has 0 aliphatic heterocycles. The van der Waals surface area contributed by atoms with Gasteiger partial charge in [0.25, 0.3) is 0 Å². The lowest BCUT2D eigenvalue weighted by Crippen LogP contribution is -2.07. The van der Waals surface area contributed by atoms with E-state index in [9.17, 15) is 0 Å². The van der Waals surface area contributed by atoms with Crippen LogP contribution in [0, 0.1) is 0 Å². The monoisotopic (exact) mass is 346 g/mol. The average molecular weight is 347 g/mol. The SMILES string of the molecule is C/C=C\C(=C/NC)CNc1cn(Cc2cccc(Cl)c2)cn1.C=O. The van der Waals surface area contributed by atoms with Crippen LogP contribution in [0.5, 0.6) is 0 Å². The van der Waals surface area contributed by atoms with Gasteiger partial charge in [-0.15, -0.1) is 0 Å². The van der Waals surface area contributed by atoms with Crippen LogP contribution >= 0.6 is 11.6 Å². The van der Waals surface area contributed by atoms with Crippen LogP contribution in [0.15, 0.2) is 60.7 Å². The highest BCUT2D eigenvalue weighted by Gasteiger charge is 2.01. The van der Waals surface area contributed by atoms with Gasteiger partial charge in [0, 0.05) is 37.6 Å². The zero-order chi connectivity index (χ0) is 17.8. The lowest BCUT2D eigenvalue weighted by atomic mass is 10.2. The van der Waals surface area contributed by atoms with Crippen molar-refractivity contribution in [3.63, 3.8) is 0 Å². The first-order chi connectivity index (χ1) is 11.7. The third kappa shape index (κ3) is 6.71. The number of hydrogen-bond acceptors (Lipinski definition) is 4. The fourth-order valence-corrected chi connectivity index (χ4v) is 2.35. The lowest BCUT2D eigenvalue weighted by molar-refractivity contribution is -0.0979. The maximum atomic E-state index is 8.00. The van der Waals surface area contributed by atoms with Crippen molar-refractivity contribution in [1.29, 1.82) is 0 Å². The molecule has 0 radical (unpaired) electrons. The van der Waals surface area contributed by atoms with E-state index < -0.39 is 0 Å². The van der Waals surface area contributed by atoms with Crippen molar-refractivity contribution in [1.82, 2.24) is 14.9 Å². The van der Waals surface area contributed by atoms with Gasteiger partial charge in [-0.3, -0.25) is 0 Å². The average Bonchev–Trinajstić information content (AvgIpc) is 3.02. The molecule has 0 aliphatic carbocycles. The quantitative estimate of drug-likeness (QED) is 0.753. The summed E-state index contributed by atoms with van der Waals surface area (Å²) in [5.74, 6) is 0.855. The van der Waals surface area contributed by atoms with Crippen molar-refractivity contribution < 1.29 is 4.79 Å². The molecule has 0 saturated carbocycles. The Balaban J connectivity index is 0.00000139. The number of carbonyl (C=O) groups is 1. The largest absolute Gasteiger partial charge is 0.394 e. The highest BCUT2D eigenvalue weighted by Crippen LogP contribution is 2.13. The number of carbonyl (C=O) groups excluding carboxylic acids is 1. The number of imidazole rings is 1. The first-order valence-corrected chi connectivity index (χ1v) is 7.87. The molecule has 0 atom stereocenters.